The van der Waals surface area contributed by atoms with Gasteiger partial charge in [-0.15, -0.1) is 11.3 Å². The second kappa shape index (κ2) is 9.34. The molecule has 1 heterocycles. The molecule has 2 aromatic carbocycles. The van der Waals surface area contributed by atoms with Gasteiger partial charge in [0.25, 0.3) is 0 Å². The molecule has 0 aliphatic carbocycles. The molecule has 0 saturated carbocycles. The number of hydrogen-bond donors (Lipinski definition) is 0. The van der Waals surface area contributed by atoms with E-state index in [1.807, 2.05) is 18.2 Å². The summed E-state index contributed by atoms with van der Waals surface area (Å²) in [6, 6.07) is 15.4. The molecule has 1 unspecified atom stereocenters. The molecule has 158 valence electrons. The molecule has 7 heteroatoms. The second-order valence-corrected chi connectivity index (χ2v) is 7.79. The van der Waals surface area contributed by atoms with Gasteiger partial charge in [-0.05, 0) is 47.2 Å². The molecule has 0 radical (unpaired) electrons. The third kappa shape index (κ3) is 5.21. The zero-order chi connectivity index (χ0) is 21.7. The third-order valence-electron chi connectivity index (χ3n) is 4.66. The van der Waals surface area contributed by atoms with Gasteiger partial charge in [-0.3, -0.25) is 0 Å². The Bertz CT molecular complexity index is 1040. The zero-order valence-corrected chi connectivity index (χ0v) is 17.2. The fraction of sp³-hybridized carbons (Fsp3) is 0.261. The van der Waals surface area contributed by atoms with Gasteiger partial charge in [0, 0.05) is 15.7 Å². The van der Waals surface area contributed by atoms with Crippen LogP contribution in [0.15, 0.2) is 61.2 Å². The molecule has 30 heavy (non-hydrogen) atoms. The summed E-state index contributed by atoms with van der Waals surface area (Å²) in [6.07, 6.45) is -2.81. The molecule has 0 amide bonds. The van der Waals surface area contributed by atoms with Crippen molar-refractivity contribution >= 4 is 27.4 Å². The Balaban J connectivity index is 1.76. The number of carbonyl (C=O) groups is 1. The van der Waals surface area contributed by atoms with E-state index in [1.165, 1.54) is 5.56 Å². The van der Waals surface area contributed by atoms with Crippen LogP contribution in [0.1, 0.15) is 12.5 Å². The number of ether oxygens (including phenoxy) is 2. The average molecular weight is 434 g/mol. The van der Waals surface area contributed by atoms with E-state index in [-0.39, 0.29) is 0 Å². The lowest BCUT2D eigenvalue weighted by molar-refractivity contribution is -0.195. The van der Waals surface area contributed by atoms with Gasteiger partial charge in [0.1, 0.15) is 24.9 Å². The van der Waals surface area contributed by atoms with Crippen LogP contribution in [0.3, 0.4) is 0 Å². The molecule has 3 nitrogen and oxygen atoms in total. The van der Waals surface area contributed by atoms with Crippen molar-refractivity contribution in [1.29, 1.82) is 0 Å². The maximum atomic E-state index is 13.2. The van der Waals surface area contributed by atoms with E-state index in [0.29, 0.717) is 5.75 Å². The van der Waals surface area contributed by atoms with Crippen molar-refractivity contribution in [1.82, 2.24) is 0 Å². The van der Waals surface area contributed by atoms with Crippen molar-refractivity contribution in [2.75, 3.05) is 13.2 Å². The molecule has 0 aliphatic rings. The molecule has 0 aliphatic heterocycles. The van der Waals surface area contributed by atoms with Crippen LogP contribution >= 0.6 is 11.3 Å². The number of halogens is 3. The van der Waals surface area contributed by atoms with E-state index in [2.05, 4.69) is 36.4 Å². The Kier molecular flexibility index (Phi) is 6.82. The summed E-state index contributed by atoms with van der Waals surface area (Å²) in [5, 5.41) is 1.00. The summed E-state index contributed by atoms with van der Waals surface area (Å²) in [5.74, 6) is -2.49. The van der Waals surface area contributed by atoms with Gasteiger partial charge in [-0.2, -0.15) is 13.2 Å². The monoisotopic (exact) mass is 434 g/mol. The van der Waals surface area contributed by atoms with Crippen LogP contribution in [0, 0.1) is 5.92 Å². The minimum Gasteiger partial charge on any atom is -0.493 e. The minimum atomic E-state index is -4.55. The maximum Gasteiger partial charge on any atom is 0.398 e. The number of aryl methyl sites for hydroxylation is 1. The van der Waals surface area contributed by atoms with Gasteiger partial charge in [-0.1, -0.05) is 37.8 Å². The molecule has 0 saturated heterocycles. The van der Waals surface area contributed by atoms with Gasteiger partial charge in [0.2, 0.25) is 0 Å². The number of hydrogen-bond acceptors (Lipinski definition) is 4. The largest absolute Gasteiger partial charge is 0.493 e. The number of benzene rings is 2. The first-order chi connectivity index (χ1) is 14.3. The maximum absolute atomic E-state index is 13.2. The lowest BCUT2D eigenvalue weighted by atomic mass is 10.0. The van der Waals surface area contributed by atoms with Crippen LogP contribution in [0.2, 0.25) is 0 Å². The van der Waals surface area contributed by atoms with Crippen LogP contribution < -0.4 is 4.74 Å². The van der Waals surface area contributed by atoms with E-state index in [4.69, 9.17) is 4.74 Å². The lowest BCUT2D eigenvalue weighted by Gasteiger charge is -2.20. The number of carbonyl (C=O) groups excluding carboxylic acids is 1. The van der Waals surface area contributed by atoms with Crippen LogP contribution in [-0.4, -0.2) is 25.4 Å². The van der Waals surface area contributed by atoms with Crippen molar-refractivity contribution in [3.05, 3.63) is 66.7 Å². The number of thiophene rings is 1. The highest BCUT2D eigenvalue weighted by molar-refractivity contribution is 7.22. The first kappa shape index (κ1) is 21.9. The molecular formula is C23H21F3O3S. The summed E-state index contributed by atoms with van der Waals surface area (Å²) in [4.78, 5) is 12.2. The zero-order valence-electron chi connectivity index (χ0n) is 16.4. The average Bonchev–Trinajstić information content (AvgIpc) is 3.15. The number of alkyl halides is 3. The smallest absolute Gasteiger partial charge is 0.398 e. The van der Waals surface area contributed by atoms with Crippen LogP contribution in [-0.2, 0) is 16.0 Å². The minimum absolute atomic E-state index is 0.337. The molecule has 0 spiro atoms. The molecule has 1 aromatic heterocycles. The molecule has 0 bridgehead atoms. The fourth-order valence-corrected chi connectivity index (χ4v) is 4.13. The fourth-order valence-electron chi connectivity index (χ4n) is 2.98. The van der Waals surface area contributed by atoms with Crippen LogP contribution in [0.5, 0.6) is 5.75 Å². The van der Waals surface area contributed by atoms with Gasteiger partial charge in [0.05, 0.1) is 0 Å². The molecule has 3 rings (SSSR count). The van der Waals surface area contributed by atoms with E-state index in [1.54, 1.807) is 23.5 Å². The third-order valence-corrected chi connectivity index (χ3v) is 5.79. The van der Waals surface area contributed by atoms with E-state index >= 15 is 0 Å². The summed E-state index contributed by atoms with van der Waals surface area (Å²) in [7, 11) is 0. The summed E-state index contributed by atoms with van der Waals surface area (Å²) in [5.41, 5.74) is 2.40. The molecule has 0 fully saturated rings. The van der Waals surface area contributed by atoms with Crippen molar-refractivity contribution in [2.24, 2.45) is 5.92 Å². The highest BCUT2D eigenvalue weighted by atomic mass is 32.1. The van der Waals surface area contributed by atoms with Gasteiger partial charge >= 0.3 is 12.1 Å². The summed E-state index contributed by atoms with van der Waals surface area (Å²) < 4.78 is 50.5. The SMILES string of the molecule is C=CC(=O)OCC(COc1ccc2cc(-c3ccccc3CC)sc2c1)C(F)(F)F. The van der Waals surface area contributed by atoms with Crippen LogP contribution in [0.4, 0.5) is 13.2 Å². The van der Waals surface area contributed by atoms with Gasteiger partial charge in [0.15, 0.2) is 0 Å². The number of fused-ring (bicyclic) bond motifs is 1. The quantitative estimate of drug-likeness (QED) is 0.303. The van der Waals surface area contributed by atoms with Gasteiger partial charge in [-0.25, -0.2) is 4.79 Å². The topological polar surface area (TPSA) is 35.5 Å². The Morgan fingerprint density at radius 2 is 1.93 bits per heavy atom. The summed E-state index contributed by atoms with van der Waals surface area (Å²) >= 11 is 1.57. The van der Waals surface area contributed by atoms with E-state index in [9.17, 15) is 18.0 Å². The predicted octanol–water partition coefficient (Wildman–Crippen LogP) is 6.42. The lowest BCUT2D eigenvalue weighted by Crippen LogP contribution is -2.33. The Hall–Kier alpha value is -2.80. The predicted molar refractivity (Wildman–Crippen MR) is 113 cm³/mol. The Labute approximate surface area is 176 Å². The van der Waals surface area contributed by atoms with Crippen molar-refractivity contribution in [3.8, 4) is 16.2 Å². The molecule has 1 atom stereocenters. The highest BCUT2D eigenvalue weighted by Crippen LogP contribution is 2.37. The number of rotatable bonds is 8. The van der Waals surface area contributed by atoms with Crippen molar-refractivity contribution in [2.45, 2.75) is 19.5 Å². The van der Waals surface area contributed by atoms with E-state index < -0.39 is 31.3 Å². The van der Waals surface area contributed by atoms with Crippen molar-refractivity contribution in [3.63, 3.8) is 0 Å². The highest BCUT2D eigenvalue weighted by Gasteiger charge is 2.41. The molecule has 0 N–H and O–H groups in total. The Morgan fingerprint density at radius 1 is 1.17 bits per heavy atom. The normalized spacial score (nSPS) is 12.5. The first-order valence-electron chi connectivity index (χ1n) is 9.42. The standard InChI is InChI=1S/C23H21F3O3S/c1-3-15-7-5-6-8-19(15)21-11-16-9-10-18(12-20(16)30-21)28-13-17(23(24,25)26)14-29-22(27)4-2/h4-12,17H,2-3,13-14H2,1H3. The van der Waals surface area contributed by atoms with Gasteiger partial charge < -0.3 is 9.47 Å². The number of esters is 1. The molecular weight excluding hydrogens is 413 g/mol. The first-order valence-corrected chi connectivity index (χ1v) is 10.2. The second-order valence-electron chi connectivity index (χ2n) is 6.70. The van der Waals surface area contributed by atoms with E-state index in [0.717, 1.165) is 33.0 Å². The van der Waals surface area contributed by atoms with Crippen LogP contribution in [0.25, 0.3) is 20.5 Å². The molecule has 3 aromatic rings. The Morgan fingerprint density at radius 3 is 2.63 bits per heavy atom. The summed E-state index contributed by atoms with van der Waals surface area (Å²) in [6.45, 7) is 3.82. The van der Waals surface area contributed by atoms with Crippen molar-refractivity contribution < 1.29 is 27.4 Å².